The van der Waals surface area contributed by atoms with Gasteiger partial charge in [-0.3, -0.25) is 9.78 Å². The van der Waals surface area contributed by atoms with Gasteiger partial charge < -0.3 is 9.80 Å². The van der Waals surface area contributed by atoms with Gasteiger partial charge in [0.1, 0.15) is 0 Å². The molecule has 0 aliphatic carbocycles. The van der Waals surface area contributed by atoms with E-state index < -0.39 is 0 Å². The molecule has 5 heteroatoms. The molecule has 1 aliphatic rings. The third-order valence-electron chi connectivity index (χ3n) is 4.85. The average molecular weight is 363 g/mol. The molecule has 1 saturated heterocycles. The summed E-state index contributed by atoms with van der Waals surface area (Å²) in [7, 11) is 0. The van der Waals surface area contributed by atoms with Crippen LogP contribution in [0, 0.1) is 6.92 Å². The zero-order valence-corrected chi connectivity index (χ0v) is 15.6. The maximum atomic E-state index is 12.8. The summed E-state index contributed by atoms with van der Waals surface area (Å²) >= 11 is 1.65. The number of carbonyl (C=O) groups excluding carboxylic acids is 1. The van der Waals surface area contributed by atoms with Crippen molar-refractivity contribution < 1.29 is 4.79 Å². The molecule has 26 heavy (non-hydrogen) atoms. The number of piperazine rings is 1. The number of thiophene rings is 1. The predicted octanol–water partition coefficient (Wildman–Crippen LogP) is 4.08. The highest BCUT2D eigenvalue weighted by molar-refractivity contribution is 7.08. The first kappa shape index (κ1) is 16.8. The Morgan fingerprint density at radius 3 is 2.50 bits per heavy atom. The summed E-state index contributed by atoms with van der Waals surface area (Å²) in [5, 5.41) is 4.10. The van der Waals surface area contributed by atoms with Crippen molar-refractivity contribution in [3.63, 3.8) is 0 Å². The van der Waals surface area contributed by atoms with Crippen LogP contribution in [0.3, 0.4) is 0 Å². The number of anilines is 1. The molecule has 0 bridgehead atoms. The average Bonchev–Trinajstić information content (AvgIpc) is 3.23. The van der Waals surface area contributed by atoms with Gasteiger partial charge in [-0.15, -0.1) is 0 Å². The topological polar surface area (TPSA) is 36.4 Å². The Hall–Kier alpha value is -2.66. The highest BCUT2D eigenvalue weighted by atomic mass is 32.1. The number of carbonyl (C=O) groups is 1. The third kappa shape index (κ3) is 3.35. The van der Waals surface area contributed by atoms with Crippen LogP contribution in [0.4, 0.5) is 5.69 Å². The largest absolute Gasteiger partial charge is 0.368 e. The minimum absolute atomic E-state index is 0.0683. The van der Waals surface area contributed by atoms with Gasteiger partial charge in [0.15, 0.2) is 0 Å². The molecule has 0 radical (unpaired) electrons. The Bertz CT molecular complexity index is 882. The fourth-order valence-electron chi connectivity index (χ4n) is 3.35. The Balaban J connectivity index is 1.41. The molecule has 0 spiro atoms. The van der Waals surface area contributed by atoms with Gasteiger partial charge in [0, 0.05) is 49.0 Å². The predicted molar refractivity (Wildman–Crippen MR) is 107 cm³/mol. The minimum Gasteiger partial charge on any atom is -0.368 e. The number of benzene rings is 1. The zero-order valence-electron chi connectivity index (χ0n) is 14.8. The number of amides is 1. The van der Waals surface area contributed by atoms with Gasteiger partial charge in [0.2, 0.25) is 0 Å². The maximum absolute atomic E-state index is 12.8. The summed E-state index contributed by atoms with van der Waals surface area (Å²) in [6.45, 7) is 5.32. The summed E-state index contributed by atoms with van der Waals surface area (Å²) in [6, 6.07) is 14.3. The number of para-hydroxylation sites is 1. The molecule has 1 aliphatic heterocycles. The number of aromatic nitrogens is 1. The summed E-state index contributed by atoms with van der Waals surface area (Å²) < 4.78 is 0. The lowest BCUT2D eigenvalue weighted by atomic mass is 10.1. The van der Waals surface area contributed by atoms with Crippen LogP contribution in [0.25, 0.3) is 11.3 Å². The standard InChI is InChI=1S/C21H21N3OS/c1-16-4-2-3-5-20(16)23-9-11-24(12-10-23)21(25)17-6-7-19(22-14-17)18-8-13-26-15-18/h2-8,13-15H,9-12H2,1H3. The summed E-state index contributed by atoms with van der Waals surface area (Å²) in [5.41, 5.74) is 5.21. The van der Waals surface area contributed by atoms with E-state index in [-0.39, 0.29) is 5.91 Å². The molecule has 0 saturated carbocycles. The number of rotatable bonds is 3. The Kier molecular flexibility index (Phi) is 4.71. The van der Waals surface area contributed by atoms with Crippen LogP contribution in [0.1, 0.15) is 15.9 Å². The van der Waals surface area contributed by atoms with Crippen LogP contribution in [-0.2, 0) is 0 Å². The van der Waals surface area contributed by atoms with E-state index in [0.29, 0.717) is 5.56 Å². The van der Waals surface area contributed by atoms with Gasteiger partial charge in [-0.2, -0.15) is 11.3 Å². The van der Waals surface area contributed by atoms with Crippen molar-refractivity contribution in [1.82, 2.24) is 9.88 Å². The van der Waals surface area contributed by atoms with E-state index in [1.165, 1.54) is 11.3 Å². The normalized spacial score (nSPS) is 14.5. The van der Waals surface area contributed by atoms with E-state index in [2.05, 4.69) is 46.5 Å². The van der Waals surface area contributed by atoms with Gasteiger partial charge in [0.05, 0.1) is 11.3 Å². The molecular weight excluding hydrogens is 342 g/mol. The minimum atomic E-state index is 0.0683. The Morgan fingerprint density at radius 2 is 1.85 bits per heavy atom. The van der Waals surface area contributed by atoms with Crippen molar-refractivity contribution in [2.45, 2.75) is 6.92 Å². The number of pyridine rings is 1. The maximum Gasteiger partial charge on any atom is 0.255 e. The number of hydrogen-bond donors (Lipinski definition) is 0. The number of nitrogens with zero attached hydrogens (tertiary/aromatic N) is 3. The van der Waals surface area contributed by atoms with E-state index in [4.69, 9.17) is 0 Å². The molecule has 1 aromatic carbocycles. The van der Waals surface area contributed by atoms with Gasteiger partial charge in [-0.1, -0.05) is 18.2 Å². The molecule has 0 unspecified atom stereocenters. The number of hydrogen-bond acceptors (Lipinski definition) is 4. The molecule has 0 N–H and O–H groups in total. The second-order valence-corrected chi connectivity index (χ2v) is 7.29. The lowest BCUT2D eigenvalue weighted by Crippen LogP contribution is -2.49. The van der Waals surface area contributed by atoms with Gasteiger partial charge >= 0.3 is 0 Å². The first-order valence-electron chi connectivity index (χ1n) is 8.81. The molecule has 4 rings (SSSR count). The van der Waals surface area contributed by atoms with E-state index in [1.807, 2.05) is 28.5 Å². The van der Waals surface area contributed by atoms with Crippen LogP contribution in [0.2, 0.25) is 0 Å². The van der Waals surface area contributed by atoms with Crippen LogP contribution in [0.5, 0.6) is 0 Å². The van der Waals surface area contributed by atoms with Crippen molar-refractivity contribution in [1.29, 1.82) is 0 Å². The van der Waals surface area contributed by atoms with Crippen molar-refractivity contribution >= 4 is 22.9 Å². The van der Waals surface area contributed by atoms with Crippen molar-refractivity contribution in [2.24, 2.45) is 0 Å². The molecule has 1 amide bonds. The lowest BCUT2D eigenvalue weighted by Gasteiger charge is -2.36. The molecule has 1 fully saturated rings. The second-order valence-electron chi connectivity index (χ2n) is 6.51. The first-order valence-corrected chi connectivity index (χ1v) is 9.75. The van der Waals surface area contributed by atoms with Crippen LogP contribution < -0.4 is 4.90 Å². The van der Waals surface area contributed by atoms with Crippen molar-refractivity contribution in [3.8, 4) is 11.3 Å². The van der Waals surface area contributed by atoms with Crippen LogP contribution in [-0.4, -0.2) is 42.0 Å². The number of aryl methyl sites for hydroxylation is 1. The fraction of sp³-hybridized carbons (Fsp3) is 0.238. The van der Waals surface area contributed by atoms with Gasteiger partial charge in [0.25, 0.3) is 5.91 Å². The molecule has 2 aromatic heterocycles. The summed E-state index contributed by atoms with van der Waals surface area (Å²) in [4.78, 5) is 21.5. The lowest BCUT2D eigenvalue weighted by molar-refractivity contribution is 0.0746. The molecular formula is C21H21N3OS. The molecule has 0 atom stereocenters. The van der Waals surface area contributed by atoms with E-state index in [9.17, 15) is 4.79 Å². The highest BCUT2D eigenvalue weighted by Crippen LogP contribution is 2.22. The SMILES string of the molecule is Cc1ccccc1N1CCN(C(=O)c2ccc(-c3ccsc3)nc2)CC1. The molecule has 132 valence electrons. The zero-order chi connectivity index (χ0) is 17.9. The summed E-state index contributed by atoms with van der Waals surface area (Å²) in [5.74, 6) is 0.0683. The van der Waals surface area contributed by atoms with E-state index >= 15 is 0 Å². The van der Waals surface area contributed by atoms with Gasteiger partial charge in [-0.05, 0) is 42.1 Å². The van der Waals surface area contributed by atoms with Crippen molar-refractivity contribution in [2.75, 3.05) is 31.1 Å². The van der Waals surface area contributed by atoms with E-state index in [0.717, 1.165) is 37.4 Å². The third-order valence-corrected chi connectivity index (χ3v) is 5.53. The molecule has 3 aromatic rings. The molecule has 4 nitrogen and oxygen atoms in total. The first-order chi connectivity index (χ1) is 12.7. The molecule has 3 heterocycles. The smallest absolute Gasteiger partial charge is 0.255 e. The van der Waals surface area contributed by atoms with Gasteiger partial charge in [-0.25, -0.2) is 0 Å². The summed E-state index contributed by atoms with van der Waals surface area (Å²) in [6.07, 6.45) is 1.70. The Morgan fingerprint density at radius 1 is 1.04 bits per heavy atom. The van der Waals surface area contributed by atoms with E-state index in [1.54, 1.807) is 17.5 Å². The van der Waals surface area contributed by atoms with Crippen LogP contribution >= 0.6 is 11.3 Å². The quantitative estimate of drug-likeness (QED) is 0.703. The second kappa shape index (κ2) is 7.30. The fourth-order valence-corrected chi connectivity index (χ4v) is 4.00. The van der Waals surface area contributed by atoms with Crippen LogP contribution in [0.15, 0.2) is 59.4 Å². The Labute approximate surface area is 157 Å². The monoisotopic (exact) mass is 363 g/mol. The highest BCUT2D eigenvalue weighted by Gasteiger charge is 2.23. The van der Waals surface area contributed by atoms with Crippen molar-refractivity contribution in [3.05, 3.63) is 70.5 Å².